The average Bonchev–Trinajstić information content (AvgIpc) is 3.19. The van der Waals surface area contributed by atoms with Crippen LogP contribution >= 0.6 is 0 Å². The highest BCUT2D eigenvalue weighted by atomic mass is 16.5. The molecule has 4 rings (SSSR count). The van der Waals surface area contributed by atoms with Crippen LogP contribution in [0.25, 0.3) is 11.6 Å². The van der Waals surface area contributed by atoms with E-state index in [9.17, 15) is 4.79 Å². The van der Waals surface area contributed by atoms with Gasteiger partial charge in [-0.1, -0.05) is 22.9 Å². The molecule has 0 unspecified atom stereocenters. The zero-order chi connectivity index (χ0) is 17.9. The number of hydrogen-bond acceptors (Lipinski definition) is 7. The van der Waals surface area contributed by atoms with Gasteiger partial charge < -0.3 is 14.2 Å². The van der Waals surface area contributed by atoms with Gasteiger partial charge in [-0.15, -0.1) is 0 Å². The minimum absolute atomic E-state index is 0.0376. The molecule has 1 amide bonds. The van der Waals surface area contributed by atoms with Crippen molar-refractivity contribution in [3.05, 3.63) is 59.7 Å². The minimum atomic E-state index is -0.469. The minimum Gasteiger partial charge on any atom is -0.365 e. The number of amides is 1. The Bertz CT molecular complexity index is 895. The van der Waals surface area contributed by atoms with E-state index >= 15 is 0 Å². The van der Waals surface area contributed by atoms with E-state index in [2.05, 4.69) is 20.1 Å². The maximum atomic E-state index is 12.7. The van der Waals surface area contributed by atoms with E-state index in [1.54, 1.807) is 23.4 Å². The number of carbonyl (C=O) groups is 1. The van der Waals surface area contributed by atoms with Crippen LogP contribution in [-0.4, -0.2) is 50.6 Å². The van der Waals surface area contributed by atoms with Gasteiger partial charge in [-0.25, -0.2) is 9.97 Å². The van der Waals surface area contributed by atoms with Crippen molar-refractivity contribution in [3.63, 3.8) is 0 Å². The highest BCUT2D eigenvalue weighted by Crippen LogP contribution is 2.23. The highest BCUT2D eigenvalue weighted by molar-refractivity contribution is 5.94. The molecule has 1 aliphatic rings. The highest BCUT2D eigenvalue weighted by Gasteiger charge is 2.30. The molecule has 0 saturated carbocycles. The van der Waals surface area contributed by atoms with E-state index < -0.39 is 6.10 Å². The second-order valence-electron chi connectivity index (χ2n) is 6.01. The van der Waals surface area contributed by atoms with E-state index in [0.29, 0.717) is 42.8 Å². The number of carbonyl (C=O) groups excluding carboxylic acids is 1. The summed E-state index contributed by atoms with van der Waals surface area (Å²) in [6.07, 6.45) is 2.75. The fourth-order valence-electron chi connectivity index (χ4n) is 2.73. The van der Waals surface area contributed by atoms with Crippen LogP contribution in [-0.2, 0) is 4.74 Å². The van der Waals surface area contributed by atoms with Crippen LogP contribution in [0.15, 0.2) is 47.2 Å². The molecule has 1 atom stereocenters. The first-order chi connectivity index (χ1) is 12.7. The van der Waals surface area contributed by atoms with E-state index in [1.165, 1.54) is 0 Å². The molecule has 0 N–H and O–H groups in total. The second-order valence-corrected chi connectivity index (χ2v) is 6.01. The Balaban J connectivity index is 1.49. The number of nitrogens with zero attached hydrogens (tertiary/aromatic N) is 5. The molecule has 132 valence electrons. The summed E-state index contributed by atoms with van der Waals surface area (Å²) in [5, 5.41) is 3.90. The number of ether oxygens (including phenoxy) is 1. The Morgan fingerprint density at radius 1 is 1.15 bits per heavy atom. The van der Waals surface area contributed by atoms with Gasteiger partial charge in [0.25, 0.3) is 11.8 Å². The van der Waals surface area contributed by atoms with Crippen LogP contribution in [0.2, 0.25) is 0 Å². The summed E-state index contributed by atoms with van der Waals surface area (Å²) < 4.78 is 11.0. The summed E-state index contributed by atoms with van der Waals surface area (Å²) in [7, 11) is 0. The van der Waals surface area contributed by atoms with Crippen molar-refractivity contribution in [2.75, 3.05) is 19.7 Å². The first-order valence-corrected chi connectivity index (χ1v) is 8.29. The van der Waals surface area contributed by atoms with Crippen molar-refractivity contribution >= 4 is 5.91 Å². The Hall–Kier alpha value is -3.13. The van der Waals surface area contributed by atoms with Gasteiger partial charge in [-0.05, 0) is 25.1 Å². The van der Waals surface area contributed by atoms with Gasteiger partial charge in [-0.3, -0.25) is 4.79 Å². The molecule has 8 nitrogen and oxygen atoms in total. The van der Waals surface area contributed by atoms with Crippen molar-refractivity contribution < 1.29 is 14.1 Å². The molecule has 1 aromatic carbocycles. The molecule has 0 bridgehead atoms. The first-order valence-electron chi connectivity index (χ1n) is 8.29. The fraction of sp³-hybridized carbons (Fsp3) is 0.278. The zero-order valence-corrected chi connectivity index (χ0v) is 14.2. The van der Waals surface area contributed by atoms with Crippen LogP contribution in [0.5, 0.6) is 0 Å². The Morgan fingerprint density at radius 2 is 1.92 bits per heavy atom. The van der Waals surface area contributed by atoms with Gasteiger partial charge in [0.05, 0.1) is 13.2 Å². The molecule has 2 aromatic heterocycles. The Kier molecular flexibility index (Phi) is 4.40. The molecule has 8 heteroatoms. The molecule has 0 spiro atoms. The maximum absolute atomic E-state index is 12.7. The quantitative estimate of drug-likeness (QED) is 0.713. The van der Waals surface area contributed by atoms with Crippen LogP contribution < -0.4 is 0 Å². The van der Waals surface area contributed by atoms with E-state index in [1.807, 2.05) is 31.2 Å². The van der Waals surface area contributed by atoms with Gasteiger partial charge >= 0.3 is 0 Å². The predicted octanol–water partition coefficient (Wildman–Crippen LogP) is 2.05. The molecular formula is C18H17N5O3. The second kappa shape index (κ2) is 7.01. The van der Waals surface area contributed by atoms with Crippen LogP contribution in [0.3, 0.4) is 0 Å². The SMILES string of the molecule is Cc1ccc(C(=O)N2CCO[C@H](c3nc(-c4ncccn4)no3)C2)cc1. The molecule has 26 heavy (non-hydrogen) atoms. The molecule has 0 radical (unpaired) electrons. The Labute approximate surface area is 149 Å². The van der Waals surface area contributed by atoms with Crippen LogP contribution in [0.1, 0.15) is 27.9 Å². The summed E-state index contributed by atoms with van der Waals surface area (Å²) in [5.74, 6) is 0.954. The standard InChI is InChI=1S/C18H17N5O3/c1-12-3-5-13(6-4-12)18(24)23-9-10-25-14(11-23)17-21-16(22-26-17)15-19-7-2-8-20-15/h2-8,14H,9-11H2,1H3/t14-/m0/s1. The smallest absolute Gasteiger partial charge is 0.258 e. The number of rotatable bonds is 3. The van der Waals surface area contributed by atoms with Crippen molar-refractivity contribution in [1.29, 1.82) is 0 Å². The van der Waals surface area contributed by atoms with Crippen molar-refractivity contribution in [2.24, 2.45) is 0 Å². The van der Waals surface area contributed by atoms with Crippen molar-refractivity contribution in [3.8, 4) is 11.6 Å². The monoisotopic (exact) mass is 351 g/mol. The lowest BCUT2D eigenvalue weighted by atomic mass is 10.1. The van der Waals surface area contributed by atoms with E-state index in [-0.39, 0.29) is 5.91 Å². The summed E-state index contributed by atoms with van der Waals surface area (Å²) in [6, 6.07) is 9.23. The molecule has 3 aromatic rings. The molecule has 1 aliphatic heterocycles. The number of benzene rings is 1. The maximum Gasteiger partial charge on any atom is 0.258 e. The van der Waals surface area contributed by atoms with Gasteiger partial charge in [0, 0.05) is 24.5 Å². The fourth-order valence-corrected chi connectivity index (χ4v) is 2.73. The third-order valence-corrected chi connectivity index (χ3v) is 4.14. The lowest BCUT2D eigenvalue weighted by molar-refractivity contribution is -0.0367. The molecule has 3 heterocycles. The molecule has 1 saturated heterocycles. The van der Waals surface area contributed by atoms with Crippen LogP contribution in [0, 0.1) is 6.92 Å². The van der Waals surface area contributed by atoms with Crippen LogP contribution in [0.4, 0.5) is 0 Å². The van der Waals surface area contributed by atoms with E-state index in [0.717, 1.165) is 5.56 Å². The predicted molar refractivity (Wildman–Crippen MR) is 91.1 cm³/mol. The molecule has 0 aliphatic carbocycles. The van der Waals surface area contributed by atoms with Gasteiger partial charge in [-0.2, -0.15) is 4.98 Å². The number of hydrogen-bond donors (Lipinski definition) is 0. The van der Waals surface area contributed by atoms with E-state index in [4.69, 9.17) is 9.26 Å². The third-order valence-electron chi connectivity index (χ3n) is 4.14. The van der Waals surface area contributed by atoms with Gasteiger partial charge in [0.2, 0.25) is 11.6 Å². The third kappa shape index (κ3) is 3.31. The average molecular weight is 351 g/mol. The lowest BCUT2D eigenvalue weighted by Crippen LogP contribution is -2.42. The molecule has 1 fully saturated rings. The first kappa shape index (κ1) is 16.3. The topological polar surface area (TPSA) is 94.2 Å². The molecular weight excluding hydrogens is 334 g/mol. The summed E-state index contributed by atoms with van der Waals surface area (Å²) in [6.45, 7) is 3.26. The lowest BCUT2D eigenvalue weighted by Gasteiger charge is -2.31. The Morgan fingerprint density at radius 3 is 2.69 bits per heavy atom. The zero-order valence-electron chi connectivity index (χ0n) is 14.2. The summed E-state index contributed by atoms with van der Waals surface area (Å²) in [4.78, 5) is 26.9. The summed E-state index contributed by atoms with van der Waals surface area (Å²) in [5.41, 5.74) is 1.77. The largest absolute Gasteiger partial charge is 0.365 e. The van der Waals surface area contributed by atoms with Gasteiger partial charge in [0.15, 0.2) is 6.10 Å². The summed E-state index contributed by atoms with van der Waals surface area (Å²) >= 11 is 0. The number of aromatic nitrogens is 4. The number of morpholine rings is 1. The normalized spacial score (nSPS) is 17.3. The van der Waals surface area contributed by atoms with Crippen molar-refractivity contribution in [1.82, 2.24) is 25.0 Å². The van der Waals surface area contributed by atoms with Gasteiger partial charge in [0.1, 0.15) is 0 Å². The van der Waals surface area contributed by atoms with Crippen molar-refractivity contribution in [2.45, 2.75) is 13.0 Å². The number of aryl methyl sites for hydroxylation is 1.